The SMILES string of the molecule is CCCCP(CCCC)(CCCC)=NS(=O)(=O)c1ccc(C)cc1. The van der Waals surface area contributed by atoms with Gasteiger partial charge < -0.3 is 0 Å². The summed E-state index contributed by atoms with van der Waals surface area (Å²) in [6.45, 7) is 8.48. The fourth-order valence-corrected chi connectivity index (χ4v) is 9.85. The molecule has 138 valence electrons. The monoisotopic (exact) mass is 371 g/mol. The summed E-state index contributed by atoms with van der Waals surface area (Å²) in [5.41, 5.74) is 1.07. The lowest BCUT2D eigenvalue weighted by Crippen LogP contribution is -2.06. The maximum absolute atomic E-state index is 12.9. The van der Waals surface area contributed by atoms with E-state index in [1.54, 1.807) is 12.1 Å². The Morgan fingerprint density at radius 2 is 1.25 bits per heavy atom. The second-order valence-electron chi connectivity index (χ2n) is 6.70. The molecule has 3 nitrogen and oxygen atoms in total. The van der Waals surface area contributed by atoms with E-state index in [0.717, 1.165) is 62.6 Å². The number of aryl methyl sites for hydroxylation is 1. The molecule has 0 radical (unpaired) electrons. The van der Waals surface area contributed by atoms with Crippen molar-refractivity contribution >= 4 is 17.1 Å². The molecule has 0 aliphatic carbocycles. The zero-order valence-electron chi connectivity index (χ0n) is 15.8. The Bertz CT molecular complexity index is 607. The molecule has 0 saturated carbocycles. The smallest absolute Gasteiger partial charge is 0.199 e. The Kier molecular flexibility index (Phi) is 9.30. The van der Waals surface area contributed by atoms with Gasteiger partial charge in [-0.2, -0.15) is 12.6 Å². The first-order chi connectivity index (χ1) is 11.4. The minimum absolute atomic E-state index is 0.349. The van der Waals surface area contributed by atoms with Crippen molar-refractivity contribution in [2.24, 2.45) is 4.15 Å². The molecule has 0 aromatic heterocycles. The van der Waals surface area contributed by atoms with Gasteiger partial charge in [0.15, 0.2) is 0 Å². The quantitative estimate of drug-likeness (QED) is 0.429. The van der Waals surface area contributed by atoms with Crippen LogP contribution in [0.1, 0.15) is 64.9 Å². The summed E-state index contributed by atoms with van der Waals surface area (Å²) in [6, 6.07) is 7.10. The highest BCUT2D eigenvalue weighted by Gasteiger charge is 2.23. The van der Waals surface area contributed by atoms with Crippen molar-refractivity contribution in [1.82, 2.24) is 0 Å². The van der Waals surface area contributed by atoms with Gasteiger partial charge in [-0.25, -0.2) is 0 Å². The largest absolute Gasteiger partial charge is 0.280 e. The van der Waals surface area contributed by atoms with E-state index in [1.165, 1.54) is 0 Å². The molecule has 0 aliphatic heterocycles. The van der Waals surface area contributed by atoms with Crippen molar-refractivity contribution in [3.63, 3.8) is 0 Å². The fraction of sp³-hybridized carbons (Fsp3) is 0.684. The zero-order valence-corrected chi connectivity index (χ0v) is 17.5. The summed E-state index contributed by atoms with van der Waals surface area (Å²) in [4.78, 5) is 0.349. The Hall–Kier alpha value is -0.600. The number of hydrogen-bond donors (Lipinski definition) is 0. The maximum atomic E-state index is 12.9. The standard InChI is InChI=1S/C19H34NO2PS/c1-5-8-15-23(16-9-6-2,17-10-7-3)20-24(21,22)19-13-11-18(4)12-14-19/h11-14H,5-10,15-17H2,1-4H3. The first kappa shape index (κ1) is 21.4. The van der Waals surface area contributed by atoms with Crippen LogP contribution in [0.5, 0.6) is 0 Å². The van der Waals surface area contributed by atoms with Gasteiger partial charge in [0.05, 0.1) is 4.90 Å². The summed E-state index contributed by atoms with van der Waals surface area (Å²) < 4.78 is 30.5. The highest BCUT2D eigenvalue weighted by atomic mass is 32.2. The van der Waals surface area contributed by atoms with Crippen LogP contribution in [0.25, 0.3) is 0 Å². The van der Waals surface area contributed by atoms with E-state index >= 15 is 0 Å². The number of unbranched alkanes of at least 4 members (excludes halogenated alkanes) is 3. The van der Waals surface area contributed by atoms with Crippen molar-refractivity contribution in [2.45, 2.75) is 71.1 Å². The molecule has 5 heteroatoms. The second kappa shape index (κ2) is 10.4. The van der Waals surface area contributed by atoms with E-state index in [2.05, 4.69) is 24.9 Å². The zero-order chi connectivity index (χ0) is 18.1. The van der Waals surface area contributed by atoms with Crippen LogP contribution < -0.4 is 0 Å². The molecule has 1 aromatic rings. The van der Waals surface area contributed by atoms with E-state index in [9.17, 15) is 8.42 Å². The van der Waals surface area contributed by atoms with Crippen LogP contribution in [0.4, 0.5) is 0 Å². The predicted octanol–water partition coefficient (Wildman–Crippen LogP) is 6.29. The van der Waals surface area contributed by atoms with Crippen molar-refractivity contribution in [1.29, 1.82) is 0 Å². The highest BCUT2D eigenvalue weighted by Crippen LogP contribution is 2.53. The first-order valence-electron chi connectivity index (χ1n) is 9.31. The molecular weight excluding hydrogens is 337 g/mol. The first-order valence-corrected chi connectivity index (χ1v) is 13.0. The average molecular weight is 372 g/mol. The van der Waals surface area contributed by atoms with E-state index < -0.39 is 17.1 Å². The molecule has 0 amide bonds. The van der Waals surface area contributed by atoms with Gasteiger partial charge >= 0.3 is 0 Å². The van der Waals surface area contributed by atoms with Gasteiger partial charge in [0.25, 0.3) is 10.0 Å². The third kappa shape index (κ3) is 6.72. The van der Waals surface area contributed by atoms with Crippen LogP contribution in [0.15, 0.2) is 33.3 Å². The van der Waals surface area contributed by atoms with Crippen LogP contribution in [-0.2, 0) is 10.0 Å². The number of benzene rings is 1. The summed E-state index contributed by atoms with van der Waals surface area (Å²) in [7, 11) is -5.36. The van der Waals surface area contributed by atoms with E-state index in [4.69, 9.17) is 0 Å². The molecule has 0 bridgehead atoms. The molecule has 0 spiro atoms. The Balaban J connectivity index is 3.30. The van der Waals surface area contributed by atoms with Crippen molar-refractivity contribution in [2.75, 3.05) is 18.5 Å². The maximum Gasteiger partial charge on any atom is 0.280 e. The molecule has 0 fully saturated rings. The van der Waals surface area contributed by atoms with E-state index in [-0.39, 0.29) is 0 Å². The summed E-state index contributed by atoms with van der Waals surface area (Å²) >= 11 is 0. The van der Waals surface area contributed by atoms with Gasteiger partial charge in [-0.3, -0.25) is 0 Å². The number of hydrogen-bond acceptors (Lipinski definition) is 2. The van der Waals surface area contributed by atoms with Crippen molar-refractivity contribution in [3.05, 3.63) is 29.8 Å². The van der Waals surface area contributed by atoms with Crippen molar-refractivity contribution < 1.29 is 8.42 Å². The molecule has 0 saturated heterocycles. The van der Waals surface area contributed by atoms with Gasteiger partial charge in [0.1, 0.15) is 0 Å². The van der Waals surface area contributed by atoms with Crippen LogP contribution in [0.2, 0.25) is 0 Å². The minimum Gasteiger partial charge on any atom is -0.199 e. The topological polar surface area (TPSA) is 46.5 Å². The van der Waals surface area contributed by atoms with Gasteiger partial charge in [-0.05, 0) is 63.9 Å². The fourth-order valence-electron chi connectivity index (χ4n) is 2.80. The average Bonchev–Trinajstić information content (AvgIpc) is 2.56. The van der Waals surface area contributed by atoms with Crippen LogP contribution in [-0.4, -0.2) is 26.9 Å². The molecule has 1 rings (SSSR count). The Morgan fingerprint density at radius 3 is 1.62 bits per heavy atom. The summed E-state index contributed by atoms with van der Waals surface area (Å²) in [5.74, 6) is 0. The molecule has 0 aliphatic rings. The van der Waals surface area contributed by atoms with Gasteiger partial charge in [-0.1, -0.05) is 57.7 Å². The van der Waals surface area contributed by atoms with Gasteiger partial charge in [-0.15, -0.1) is 0 Å². The van der Waals surface area contributed by atoms with E-state index in [0.29, 0.717) is 4.90 Å². The lowest BCUT2D eigenvalue weighted by molar-refractivity contribution is 0.598. The normalized spacial score (nSPS) is 12.3. The minimum atomic E-state index is -3.55. The molecule has 0 N–H and O–H groups in total. The number of rotatable bonds is 11. The highest BCUT2D eigenvalue weighted by molar-refractivity contribution is 7.94. The van der Waals surface area contributed by atoms with Crippen LogP contribution >= 0.6 is 7.05 Å². The number of sulfonamides is 1. The molecule has 0 atom stereocenters. The number of nitrogens with zero attached hydrogens (tertiary/aromatic N) is 1. The molecule has 0 unspecified atom stereocenters. The Morgan fingerprint density at radius 1 is 0.833 bits per heavy atom. The van der Waals surface area contributed by atoms with Gasteiger partial charge in [0, 0.05) is 0 Å². The van der Waals surface area contributed by atoms with Crippen LogP contribution in [0.3, 0.4) is 0 Å². The molecule has 1 aromatic carbocycles. The predicted molar refractivity (Wildman–Crippen MR) is 107 cm³/mol. The lowest BCUT2D eigenvalue weighted by atomic mass is 10.2. The van der Waals surface area contributed by atoms with Crippen molar-refractivity contribution in [3.8, 4) is 0 Å². The third-order valence-electron chi connectivity index (χ3n) is 4.38. The van der Waals surface area contributed by atoms with Crippen LogP contribution in [0, 0.1) is 6.92 Å². The second-order valence-corrected chi connectivity index (χ2v) is 12.3. The van der Waals surface area contributed by atoms with Gasteiger partial charge in [0.2, 0.25) is 0 Å². The molecule has 0 heterocycles. The molecule has 24 heavy (non-hydrogen) atoms. The van der Waals surface area contributed by atoms with E-state index in [1.807, 2.05) is 19.1 Å². The summed E-state index contributed by atoms with van der Waals surface area (Å²) in [6.07, 6.45) is 9.47. The third-order valence-corrected chi connectivity index (χ3v) is 10.9. The lowest BCUT2D eigenvalue weighted by Gasteiger charge is -2.24. The summed E-state index contributed by atoms with van der Waals surface area (Å²) in [5, 5.41) is 0. The Labute approximate surface area is 149 Å². The molecular formula is C19H34NO2PS.